The lowest BCUT2D eigenvalue weighted by Gasteiger charge is -2.28. The van der Waals surface area contributed by atoms with Crippen molar-refractivity contribution in [2.24, 2.45) is 0 Å². The molecule has 25 heavy (non-hydrogen) atoms. The number of nitro groups is 1. The summed E-state index contributed by atoms with van der Waals surface area (Å²) >= 11 is 0. The summed E-state index contributed by atoms with van der Waals surface area (Å²) in [5, 5.41) is 18.1. The molecule has 0 bridgehead atoms. The van der Waals surface area contributed by atoms with E-state index in [1.54, 1.807) is 37.6 Å². The molecular formula is C16H17N5O4. The molecule has 0 fully saturated rings. The number of aromatic nitrogens is 3. The smallest absolute Gasteiger partial charge is 0.338 e. The van der Waals surface area contributed by atoms with Gasteiger partial charge in [0.2, 0.25) is 5.95 Å². The van der Waals surface area contributed by atoms with Gasteiger partial charge in [0.15, 0.2) is 0 Å². The summed E-state index contributed by atoms with van der Waals surface area (Å²) in [7, 11) is 0. The van der Waals surface area contributed by atoms with Crippen molar-refractivity contribution in [1.82, 2.24) is 14.8 Å². The molecule has 9 nitrogen and oxygen atoms in total. The third-order valence-corrected chi connectivity index (χ3v) is 3.78. The fourth-order valence-corrected chi connectivity index (χ4v) is 2.72. The minimum atomic E-state index is -0.578. The molecule has 1 aliphatic heterocycles. The highest BCUT2D eigenvalue weighted by Gasteiger charge is 2.34. The number of hydrogen-bond donors (Lipinski definition) is 1. The molecule has 2 heterocycles. The minimum Gasteiger partial charge on any atom is -0.459 e. The van der Waals surface area contributed by atoms with Gasteiger partial charge >= 0.3 is 5.97 Å². The monoisotopic (exact) mass is 343 g/mol. The number of nitrogens with zero attached hydrogens (tertiary/aromatic N) is 4. The lowest BCUT2D eigenvalue weighted by Crippen LogP contribution is -2.30. The normalized spacial score (nSPS) is 16.4. The number of esters is 1. The van der Waals surface area contributed by atoms with Gasteiger partial charge in [0.1, 0.15) is 12.4 Å². The zero-order chi connectivity index (χ0) is 18.1. The predicted octanol–water partition coefficient (Wildman–Crippen LogP) is 2.43. The van der Waals surface area contributed by atoms with Crippen LogP contribution in [0.3, 0.4) is 0 Å². The van der Waals surface area contributed by atoms with Crippen molar-refractivity contribution >= 4 is 17.6 Å². The first-order valence-corrected chi connectivity index (χ1v) is 7.71. The van der Waals surface area contributed by atoms with Gasteiger partial charge in [-0.25, -0.2) is 9.48 Å². The van der Waals surface area contributed by atoms with E-state index in [0.717, 1.165) is 0 Å². The van der Waals surface area contributed by atoms with E-state index >= 15 is 0 Å². The van der Waals surface area contributed by atoms with E-state index in [1.165, 1.54) is 18.5 Å². The summed E-state index contributed by atoms with van der Waals surface area (Å²) in [5.41, 5.74) is 1.65. The highest BCUT2D eigenvalue weighted by atomic mass is 16.6. The Balaban J connectivity index is 2.08. The van der Waals surface area contributed by atoms with Gasteiger partial charge in [0.25, 0.3) is 5.69 Å². The summed E-state index contributed by atoms with van der Waals surface area (Å²) in [6.45, 7) is 5.30. The molecule has 2 aromatic rings. The SMILES string of the molecule is CC1=C(C(=O)OC(C)C)[C@@H](c2ccc([N+](=O)[O-])cc2)n2ncnc2N1. The van der Waals surface area contributed by atoms with Crippen LogP contribution in [0.1, 0.15) is 32.4 Å². The fourth-order valence-electron chi connectivity index (χ4n) is 2.72. The first kappa shape index (κ1) is 16.6. The van der Waals surface area contributed by atoms with Gasteiger partial charge in [-0.3, -0.25) is 10.1 Å². The molecule has 130 valence electrons. The molecule has 1 aliphatic rings. The third kappa shape index (κ3) is 3.08. The Kier molecular flexibility index (Phi) is 4.22. The number of carbonyl (C=O) groups is 1. The van der Waals surface area contributed by atoms with Crippen molar-refractivity contribution in [1.29, 1.82) is 0 Å². The van der Waals surface area contributed by atoms with E-state index in [-0.39, 0.29) is 11.8 Å². The number of allylic oxidation sites excluding steroid dienone is 1. The van der Waals surface area contributed by atoms with E-state index in [0.29, 0.717) is 22.8 Å². The lowest BCUT2D eigenvalue weighted by atomic mass is 9.95. The van der Waals surface area contributed by atoms with Gasteiger partial charge < -0.3 is 10.1 Å². The first-order chi connectivity index (χ1) is 11.9. The van der Waals surface area contributed by atoms with Crippen LogP contribution in [0.2, 0.25) is 0 Å². The Morgan fingerprint density at radius 1 is 1.36 bits per heavy atom. The number of rotatable bonds is 4. The maximum Gasteiger partial charge on any atom is 0.338 e. The number of benzene rings is 1. The summed E-state index contributed by atoms with van der Waals surface area (Å²) in [6, 6.07) is 5.43. The molecule has 0 saturated carbocycles. The average Bonchev–Trinajstić information content (AvgIpc) is 3.00. The van der Waals surface area contributed by atoms with Crippen LogP contribution in [0, 0.1) is 10.1 Å². The van der Waals surface area contributed by atoms with E-state index < -0.39 is 16.9 Å². The summed E-state index contributed by atoms with van der Waals surface area (Å²) < 4.78 is 6.92. The second-order valence-corrected chi connectivity index (χ2v) is 5.90. The molecule has 1 aromatic heterocycles. The van der Waals surface area contributed by atoms with Crippen molar-refractivity contribution in [3.63, 3.8) is 0 Å². The van der Waals surface area contributed by atoms with E-state index in [4.69, 9.17) is 4.74 Å². The number of anilines is 1. The molecule has 0 radical (unpaired) electrons. The molecule has 1 aromatic carbocycles. The van der Waals surface area contributed by atoms with Gasteiger partial charge in [-0.05, 0) is 38.5 Å². The van der Waals surface area contributed by atoms with Gasteiger partial charge in [-0.15, -0.1) is 0 Å². The molecule has 0 unspecified atom stereocenters. The van der Waals surface area contributed by atoms with Crippen LogP contribution in [0.25, 0.3) is 0 Å². The number of nitrogens with one attached hydrogen (secondary N) is 1. The average molecular weight is 343 g/mol. The highest BCUT2D eigenvalue weighted by molar-refractivity contribution is 5.92. The zero-order valence-corrected chi connectivity index (χ0v) is 14.0. The number of carbonyl (C=O) groups excluding carboxylic acids is 1. The third-order valence-electron chi connectivity index (χ3n) is 3.78. The first-order valence-electron chi connectivity index (χ1n) is 7.71. The van der Waals surface area contributed by atoms with Gasteiger partial charge in [-0.1, -0.05) is 0 Å². The molecule has 1 N–H and O–H groups in total. The van der Waals surface area contributed by atoms with Gasteiger partial charge in [0, 0.05) is 17.8 Å². The maximum absolute atomic E-state index is 12.6. The number of ether oxygens (including phenoxy) is 1. The van der Waals surface area contributed by atoms with Crippen molar-refractivity contribution in [3.8, 4) is 0 Å². The molecule has 0 aliphatic carbocycles. The lowest BCUT2D eigenvalue weighted by molar-refractivity contribution is -0.384. The van der Waals surface area contributed by atoms with E-state index in [2.05, 4.69) is 15.4 Å². The number of fused-ring (bicyclic) bond motifs is 1. The van der Waals surface area contributed by atoms with Crippen molar-refractivity contribution < 1.29 is 14.5 Å². The van der Waals surface area contributed by atoms with Crippen molar-refractivity contribution in [3.05, 3.63) is 57.5 Å². The van der Waals surface area contributed by atoms with E-state index in [1.807, 2.05) is 0 Å². The largest absolute Gasteiger partial charge is 0.459 e. The van der Waals surface area contributed by atoms with Crippen LogP contribution in [-0.2, 0) is 9.53 Å². The molecule has 0 amide bonds. The summed E-state index contributed by atoms with van der Waals surface area (Å²) in [4.78, 5) is 27.2. The van der Waals surface area contributed by atoms with Crippen LogP contribution < -0.4 is 5.32 Å². The summed E-state index contributed by atoms with van der Waals surface area (Å²) in [6.07, 6.45) is 1.10. The second kappa shape index (κ2) is 6.34. The fraction of sp³-hybridized carbons (Fsp3) is 0.312. The number of non-ortho nitro benzene ring substituents is 1. The van der Waals surface area contributed by atoms with E-state index in [9.17, 15) is 14.9 Å². The Morgan fingerprint density at radius 3 is 2.64 bits per heavy atom. The Hall–Kier alpha value is -3.23. The van der Waals surface area contributed by atoms with Crippen LogP contribution in [-0.4, -0.2) is 31.8 Å². The Labute approximate surface area is 143 Å². The van der Waals surface area contributed by atoms with Crippen LogP contribution in [0.5, 0.6) is 0 Å². The molecule has 0 spiro atoms. The van der Waals surface area contributed by atoms with Crippen LogP contribution in [0.4, 0.5) is 11.6 Å². The van der Waals surface area contributed by atoms with Crippen molar-refractivity contribution in [2.75, 3.05) is 5.32 Å². The topological polar surface area (TPSA) is 112 Å². The second-order valence-electron chi connectivity index (χ2n) is 5.90. The standard InChI is InChI=1S/C16H17N5O4/c1-9(2)25-15(22)13-10(3)19-16-17-8-18-20(16)14(13)11-4-6-12(7-5-11)21(23)24/h4-9,14H,1-3H3,(H,17,18,19)/t14-/m1/s1. The Bertz CT molecular complexity index is 854. The van der Waals surface area contributed by atoms with Gasteiger partial charge in [-0.2, -0.15) is 10.1 Å². The van der Waals surface area contributed by atoms with Gasteiger partial charge in [0.05, 0.1) is 16.6 Å². The highest BCUT2D eigenvalue weighted by Crippen LogP contribution is 2.35. The number of hydrogen-bond acceptors (Lipinski definition) is 7. The molecule has 9 heteroatoms. The molecule has 0 saturated heterocycles. The number of nitro benzene ring substituents is 1. The van der Waals surface area contributed by atoms with Crippen molar-refractivity contribution in [2.45, 2.75) is 32.9 Å². The Morgan fingerprint density at radius 2 is 2.04 bits per heavy atom. The summed E-state index contributed by atoms with van der Waals surface area (Å²) in [5.74, 6) is 0.0199. The maximum atomic E-state index is 12.6. The minimum absolute atomic E-state index is 0.0245. The molecule has 1 atom stereocenters. The zero-order valence-electron chi connectivity index (χ0n) is 14.0. The molecular weight excluding hydrogens is 326 g/mol. The van der Waals surface area contributed by atoms with Crippen LogP contribution >= 0.6 is 0 Å². The quantitative estimate of drug-likeness (QED) is 0.515. The predicted molar refractivity (Wildman–Crippen MR) is 88.8 cm³/mol. The van der Waals surface area contributed by atoms with Crippen LogP contribution in [0.15, 0.2) is 41.9 Å². The molecule has 3 rings (SSSR count).